The van der Waals surface area contributed by atoms with E-state index >= 15 is 0 Å². The normalized spacial score (nSPS) is 14.1. The number of ketones is 1. The Bertz CT molecular complexity index is 641. The highest BCUT2D eigenvalue weighted by atomic mass is 16.1. The molecule has 2 aromatic rings. The number of pyridine rings is 1. The molecule has 0 bridgehead atoms. The van der Waals surface area contributed by atoms with Crippen LogP contribution in [0.4, 0.5) is 0 Å². The van der Waals surface area contributed by atoms with Gasteiger partial charge < -0.3 is 0 Å². The highest BCUT2D eigenvalue weighted by molar-refractivity contribution is 6.12. The monoisotopic (exact) mass is 235 g/mol. The topological polar surface area (TPSA) is 30.0 Å². The number of fused-ring (bicyclic) bond motifs is 1. The van der Waals surface area contributed by atoms with E-state index in [9.17, 15) is 4.79 Å². The van der Waals surface area contributed by atoms with Crippen molar-refractivity contribution in [3.05, 3.63) is 71.1 Å². The summed E-state index contributed by atoms with van der Waals surface area (Å²) in [6.45, 7) is 1.99. The van der Waals surface area contributed by atoms with E-state index < -0.39 is 0 Å². The van der Waals surface area contributed by atoms with Crippen molar-refractivity contribution in [3.63, 3.8) is 0 Å². The Hall–Kier alpha value is -2.22. The summed E-state index contributed by atoms with van der Waals surface area (Å²) in [5, 5.41) is 0. The van der Waals surface area contributed by atoms with Gasteiger partial charge in [-0.05, 0) is 53.8 Å². The molecule has 3 rings (SSSR count). The van der Waals surface area contributed by atoms with Crippen LogP contribution in [0.5, 0.6) is 0 Å². The molecular formula is C16H13NO. The molecule has 18 heavy (non-hydrogen) atoms. The van der Waals surface area contributed by atoms with Crippen LogP contribution in [0.2, 0.25) is 0 Å². The fourth-order valence-electron chi connectivity index (χ4n) is 2.47. The zero-order valence-corrected chi connectivity index (χ0v) is 10.2. The van der Waals surface area contributed by atoms with Gasteiger partial charge in [-0.1, -0.05) is 18.2 Å². The van der Waals surface area contributed by atoms with E-state index in [0.29, 0.717) is 0 Å². The molecule has 0 unspecified atom stereocenters. The third-order valence-corrected chi connectivity index (χ3v) is 3.34. The highest BCUT2D eigenvalue weighted by Gasteiger charge is 2.19. The molecule has 0 N–H and O–H groups in total. The number of benzene rings is 1. The molecule has 0 aliphatic heterocycles. The number of hydrogen-bond acceptors (Lipinski definition) is 2. The summed E-state index contributed by atoms with van der Waals surface area (Å²) in [6.07, 6.45) is 6.08. The average molecular weight is 235 g/mol. The SMILES string of the molecule is Cc1cccc2c1C(=O)C=C(c1ccncc1)C2. The molecule has 1 heterocycles. The van der Waals surface area contributed by atoms with Crippen LogP contribution in [0, 0.1) is 6.92 Å². The van der Waals surface area contributed by atoms with Crippen LogP contribution in [0.1, 0.15) is 27.0 Å². The Morgan fingerprint density at radius 3 is 2.67 bits per heavy atom. The van der Waals surface area contributed by atoms with Crippen molar-refractivity contribution in [2.45, 2.75) is 13.3 Å². The lowest BCUT2D eigenvalue weighted by molar-refractivity contribution is 0.104. The van der Waals surface area contributed by atoms with Crippen LogP contribution in [-0.2, 0) is 6.42 Å². The summed E-state index contributed by atoms with van der Waals surface area (Å²) < 4.78 is 0. The number of rotatable bonds is 1. The minimum atomic E-state index is 0.112. The van der Waals surface area contributed by atoms with Gasteiger partial charge in [-0.2, -0.15) is 0 Å². The number of aryl methyl sites for hydroxylation is 1. The maximum absolute atomic E-state index is 12.2. The fraction of sp³-hybridized carbons (Fsp3) is 0.125. The molecular weight excluding hydrogens is 222 g/mol. The van der Waals surface area contributed by atoms with E-state index in [0.717, 1.165) is 34.2 Å². The second-order valence-corrected chi connectivity index (χ2v) is 4.56. The first-order chi connectivity index (χ1) is 8.75. The fourth-order valence-corrected chi connectivity index (χ4v) is 2.47. The number of hydrogen-bond donors (Lipinski definition) is 0. The molecule has 0 saturated heterocycles. The van der Waals surface area contributed by atoms with E-state index in [1.165, 1.54) is 0 Å². The molecule has 1 aliphatic carbocycles. The third kappa shape index (κ3) is 1.76. The van der Waals surface area contributed by atoms with Crippen molar-refractivity contribution < 1.29 is 4.79 Å². The Morgan fingerprint density at radius 2 is 1.89 bits per heavy atom. The van der Waals surface area contributed by atoms with Crippen LogP contribution in [0.25, 0.3) is 5.57 Å². The molecule has 0 amide bonds. The minimum Gasteiger partial charge on any atom is -0.289 e. The van der Waals surface area contributed by atoms with Gasteiger partial charge in [-0.15, -0.1) is 0 Å². The van der Waals surface area contributed by atoms with Crippen molar-refractivity contribution in [1.82, 2.24) is 4.98 Å². The summed E-state index contributed by atoms with van der Waals surface area (Å²) in [5.41, 5.74) is 5.19. The molecule has 0 spiro atoms. The molecule has 0 radical (unpaired) electrons. The second-order valence-electron chi connectivity index (χ2n) is 4.56. The van der Waals surface area contributed by atoms with Crippen molar-refractivity contribution in [2.24, 2.45) is 0 Å². The van der Waals surface area contributed by atoms with Gasteiger partial charge in [0.25, 0.3) is 0 Å². The van der Waals surface area contributed by atoms with E-state index in [1.807, 2.05) is 37.3 Å². The first-order valence-electron chi connectivity index (χ1n) is 5.99. The number of carbonyl (C=O) groups is 1. The van der Waals surface area contributed by atoms with Gasteiger partial charge in [0.15, 0.2) is 5.78 Å². The predicted octanol–water partition coefficient (Wildman–Crippen LogP) is 3.21. The molecule has 0 saturated carbocycles. The Morgan fingerprint density at radius 1 is 1.11 bits per heavy atom. The van der Waals surface area contributed by atoms with Crippen molar-refractivity contribution in [2.75, 3.05) is 0 Å². The van der Waals surface area contributed by atoms with E-state index in [1.54, 1.807) is 18.5 Å². The molecule has 88 valence electrons. The van der Waals surface area contributed by atoms with E-state index in [-0.39, 0.29) is 5.78 Å². The van der Waals surface area contributed by atoms with Crippen LogP contribution < -0.4 is 0 Å². The molecule has 1 aliphatic rings. The van der Waals surface area contributed by atoms with E-state index in [2.05, 4.69) is 4.98 Å². The Balaban J connectivity index is 2.08. The smallest absolute Gasteiger partial charge is 0.186 e. The average Bonchev–Trinajstić information content (AvgIpc) is 2.39. The first-order valence-corrected chi connectivity index (χ1v) is 5.99. The van der Waals surface area contributed by atoms with Gasteiger partial charge in [0.2, 0.25) is 0 Å². The summed E-state index contributed by atoms with van der Waals surface area (Å²) in [7, 11) is 0. The second kappa shape index (κ2) is 4.22. The number of nitrogens with zero attached hydrogens (tertiary/aromatic N) is 1. The zero-order valence-electron chi connectivity index (χ0n) is 10.2. The van der Waals surface area contributed by atoms with E-state index in [4.69, 9.17) is 0 Å². The van der Waals surface area contributed by atoms with Crippen LogP contribution in [0.3, 0.4) is 0 Å². The van der Waals surface area contributed by atoms with Gasteiger partial charge in [-0.3, -0.25) is 9.78 Å². The summed E-state index contributed by atoms with van der Waals surface area (Å²) in [4.78, 5) is 16.2. The quantitative estimate of drug-likeness (QED) is 0.759. The molecule has 0 atom stereocenters. The Kier molecular flexibility index (Phi) is 2.56. The van der Waals surface area contributed by atoms with Crippen LogP contribution >= 0.6 is 0 Å². The third-order valence-electron chi connectivity index (χ3n) is 3.34. The molecule has 1 aromatic heterocycles. The lowest BCUT2D eigenvalue weighted by Crippen LogP contribution is -2.11. The first kappa shape index (κ1) is 10.9. The molecule has 2 nitrogen and oxygen atoms in total. The maximum Gasteiger partial charge on any atom is 0.186 e. The lowest BCUT2D eigenvalue weighted by Gasteiger charge is -2.18. The van der Waals surface area contributed by atoms with Gasteiger partial charge >= 0.3 is 0 Å². The zero-order chi connectivity index (χ0) is 12.5. The number of aromatic nitrogens is 1. The van der Waals surface area contributed by atoms with Crippen LogP contribution in [-0.4, -0.2) is 10.8 Å². The predicted molar refractivity (Wildman–Crippen MR) is 71.4 cm³/mol. The molecule has 1 aromatic carbocycles. The largest absolute Gasteiger partial charge is 0.289 e. The summed E-state index contributed by atoms with van der Waals surface area (Å²) >= 11 is 0. The lowest BCUT2D eigenvalue weighted by atomic mass is 9.85. The number of carbonyl (C=O) groups excluding carboxylic acids is 1. The standard InChI is InChI=1S/C16H13NO/c1-11-3-2-4-13-9-14(10-15(18)16(11)13)12-5-7-17-8-6-12/h2-8,10H,9H2,1H3. The van der Waals surface area contributed by atoms with Crippen molar-refractivity contribution in [3.8, 4) is 0 Å². The molecule has 2 heteroatoms. The van der Waals surface area contributed by atoms with Crippen molar-refractivity contribution in [1.29, 1.82) is 0 Å². The molecule has 0 fully saturated rings. The summed E-state index contributed by atoms with van der Waals surface area (Å²) in [5.74, 6) is 0.112. The van der Waals surface area contributed by atoms with Gasteiger partial charge in [0, 0.05) is 18.0 Å². The maximum atomic E-state index is 12.2. The summed E-state index contributed by atoms with van der Waals surface area (Å²) in [6, 6.07) is 9.92. The van der Waals surface area contributed by atoms with Crippen LogP contribution in [0.15, 0.2) is 48.8 Å². The Labute approximate surface area is 106 Å². The van der Waals surface area contributed by atoms with Gasteiger partial charge in [-0.25, -0.2) is 0 Å². The van der Waals surface area contributed by atoms with Gasteiger partial charge in [0.1, 0.15) is 0 Å². The van der Waals surface area contributed by atoms with Crippen molar-refractivity contribution >= 4 is 11.4 Å². The van der Waals surface area contributed by atoms with Gasteiger partial charge in [0.05, 0.1) is 0 Å². The highest BCUT2D eigenvalue weighted by Crippen LogP contribution is 2.28. The minimum absolute atomic E-state index is 0.112. The number of allylic oxidation sites excluding steroid dienone is 2.